The van der Waals surface area contributed by atoms with Crippen molar-refractivity contribution in [1.82, 2.24) is 5.32 Å². The molecule has 4 unspecified atom stereocenters. The molecule has 0 saturated carbocycles. The van der Waals surface area contributed by atoms with Crippen LogP contribution in [0.2, 0.25) is 0 Å². The quantitative estimate of drug-likeness (QED) is 0.267. The van der Waals surface area contributed by atoms with Crippen molar-refractivity contribution in [2.75, 3.05) is 20.3 Å². The standard InChI is InChI=1S/C16H30N2O9/c1-6-8(4-19)25-16(11(12(6)22)18-7(2)21)27-14-9(5-20)26-15(24-3)10(17)13(14)23/h6,8-16,19-20,22-23H,4-5,17H2,1-3H3,(H,18,21)/t6-,8?,9?,10?,11?,12-,13+,14-,15+,16-/m0/s1. The van der Waals surface area contributed by atoms with E-state index >= 15 is 0 Å². The normalized spacial score (nSPS) is 45.5. The summed E-state index contributed by atoms with van der Waals surface area (Å²) < 4.78 is 22.0. The Balaban J connectivity index is 2.22. The van der Waals surface area contributed by atoms with E-state index in [-0.39, 0.29) is 6.61 Å². The summed E-state index contributed by atoms with van der Waals surface area (Å²) in [4.78, 5) is 11.5. The molecule has 0 spiro atoms. The summed E-state index contributed by atoms with van der Waals surface area (Å²) in [5.74, 6) is -0.894. The van der Waals surface area contributed by atoms with Gasteiger partial charge in [0.15, 0.2) is 12.6 Å². The van der Waals surface area contributed by atoms with Crippen LogP contribution in [0.15, 0.2) is 0 Å². The average molecular weight is 394 g/mol. The molecule has 11 nitrogen and oxygen atoms in total. The summed E-state index contributed by atoms with van der Waals surface area (Å²) >= 11 is 0. The Morgan fingerprint density at radius 2 is 1.70 bits per heavy atom. The number of aliphatic hydroxyl groups is 4. The molecule has 0 aliphatic carbocycles. The number of amides is 1. The van der Waals surface area contributed by atoms with E-state index in [1.54, 1.807) is 6.92 Å². The molecule has 0 bridgehead atoms. The highest BCUT2D eigenvalue weighted by Gasteiger charge is 2.50. The van der Waals surface area contributed by atoms with Crippen molar-refractivity contribution in [2.24, 2.45) is 11.7 Å². The fraction of sp³-hybridized carbons (Fsp3) is 0.938. The van der Waals surface area contributed by atoms with Gasteiger partial charge < -0.3 is 50.4 Å². The molecule has 1 amide bonds. The van der Waals surface area contributed by atoms with Crippen LogP contribution in [0.5, 0.6) is 0 Å². The number of hydrogen-bond acceptors (Lipinski definition) is 10. The Morgan fingerprint density at radius 3 is 2.22 bits per heavy atom. The molecular formula is C16H30N2O9. The molecule has 0 aromatic rings. The van der Waals surface area contributed by atoms with E-state index in [4.69, 9.17) is 24.7 Å². The van der Waals surface area contributed by atoms with Crippen LogP contribution in [0.3, 0.4) is 0 Å². The lowest BCUT2D eigenvalue weighted by Gasteiger charge is -2.47. The van der Waals surface area contributed by atoms with Gasteiger partial charge in [0.2, 0.25) is 5.91 Å². The third-order valence-corrected chi connectivity index (χ3v) is 5.07. The molecule has 0 aromatic carbocycles. The smallest absolute Gasteiger partial charge is 0.217 e. The maximum Gasteiger partial charge on any atom is 0.217 e. The van der Waals surface area contributed by atoms with Crippen LogP contribution in [-0.2, 0) is 23.7 Å². The van der Waals surface area contributed by atoms with Crippen molar-refractivity contribution in [3.63, 3.8) is 0 Å². The van der Waals surface area contributed by atoms with Gasteiger partial charge in [0.1, 0.15) is 24.4 Å². The van der Waals surface area contributed by atoms with Gasteiger partial charge in [-0.05, 0) is 0 Å². The molecule has 2 aliphatic heterocycles. The summed E-state index contributed by atoms with van der Waals surface area (Å²) in [5.41, 5.74) is 5.90. The van der Waals surface area contributed by atoms with Gasteiger partial charge in [-0.3, -0.25) is 4.79 Å². The Bertz CT molecular complexity index is 495. The maximum atomic E-state index is 11.5. The number of methoxy groups -OCH3 is 1. The van der Waals surface area contributed by atoms with Crippen molar-refractivity contribution in [1.29, 1.82) is 0 Å². The van der Waals surface area contributed by atoms with Gasteiger partial charge in [-0.15, -0.1) is 0 Å². The molecule has 2 heterocycles. The topological polar surface area (TPSA) is 173 Å². The number of carbonyl (C=O) groups is 1. The van der Waals surface area contributed by atoms with E-state index in [0.29, 0.717) is 0 Å². The van der Waals surface area contributed by atoms with Crippen molar-refractivity contribution < 1.29 is 44.2 Å². The lowest BCUT2D eigenvalue weighted by atomic mass is 9.89. The molecule has 2 aliphatic rings. The summed E-state index contributed by atoms with van der Waals surface area (Å²) in [7, 11) is 1.35. The Kier molecular flexibility index (Phi) is 7.92. The van der Waals surface area contributed by atoms with Gasteiger partial charge in [-0.1, -0.05) is 6.92 Å². The van der Waals surface area contributed by atoms with E-state index < -0.39 is 73.6 Å². The van der Waals surface area contributed by atoms with E-state index in [9.17, 15) is 25.2 Å². The van der Waals surface area contributed by atoms with Crippen LogP contribution in [0, 0.1) is 5.92 Å². The minimum atomic E-state index is -1.27. The number of nitrogens with two attached hydrogens (primary N) is 1. The molecule has 10 atom stereocenters. The zero-order chi connectivity index (χ0) is 20.3. The largest absolute Gasteiger partial charge is 0.394 e. The second-order valence-electron chi connectivity index (χ2n) is 6.93. The first-order chi connectivity index (χ1) is 12.7. The molecule has 7 N–H and O–H groups in total. The van der Waals surface area contributed by atoms with Gasteiger partial charge in [0, 0.05) is 20.0 Å². The molecule has 2 rings (SSSR count). The van der Waals surface area contributed by atoms with E-state index in [1.165, 1.54) is 14.0 Å². The van der Waals surface area contributed by atoms with Gasteiger partial charge in [-0.2, -0.15) is 0 Å². The third kappa shape index (κ3) is 4.75. The second-order valence-corrected chi connectivity index (χ2v) is 6.93. The third-order valence-electron chi connectivity index (χ3n) is 5.07. The van der Waals surface area contributed by atoms with Gasteiger partial charge >= 0.3 is 0 Å². The minimum Gasteiger partial charge on any atom is -0.394 e. The van der Waals surface area contributed by atoms with E-state index in [2.05, 4.69) is 5.32 Å². The fourth-order valence-corrected chi connectivity index (χ4v) is 3.43. The van der Waals surface area contributed by atoms with Crippen molar-refractivity contribution in [2.45, 2.75) is 69.0 Å². The maximum absolute atomic E-state index is 11.5. The molecule has 2 fully saturated rings. The van der Waals surface area contributed by atoms with Crippen LogP contribution >= 0.6 is 0 Å². The van der Waals surface area contributed by atoms with E-state index in [1.807, 2.05) is 0 Å². The summed E-state index contributed by atoms with van der Waals surface area (Å²) in [6.07, 6.45) is -7.32. The first kappa shape index (κ1) is 22.4. The lowest BCUT2D eigenvalue weighted by Crippen LogP contribution is -2.67. The highest BCUT2D eigenvalue weighted by molar-refractivity contribution is 5.73. The molecule has 0 radical (unpaired) electrons. The Morgan fingerprint density at radius 1 is 1.11 bits per heavy atom. The average Bonchev–Trinajstić information content (AvgIpc) is 2.64. The number of hydrogen-bond donors (Lipinski definition) is 6. The lowest BCUT2D eigenvalue weighted by molar-refractivity contribution is -0.323. The minimum absolute atomic E-state index is 0.372. The van der Waals surface area contributed by atoms with Crippen LogP contribution in [-0.4, -0.2) is 102 Å². The van der Waals surface area contributed by atoms with Crippen LogP contribution in [0.25, 0.3) is 0 Å². The summed E-state index contributed by atoms with van der Waals surface area (Å²) in [6.45, 7) is 2.09. The first-order valence-electron chi connectivity index (χ1n) is 8.84. The fourth-order valence-electron chi connectivity index (χ4n) is 3.43. The molecule has 158 valence electrons. The first-order valence-corrected chi connectivity index (χ1v) is 8.84. The zero-order valence-electron chi connectivity index (χ0n) is 15.6. The number of nitrogens with one attached hydrogen (secondary N) is 1. The SMILES string of the molecule is CO[C@@H]1OC(CO)[C@H](O[C@@H]2OC(CO)[C@H](C)[C@H](O)C2NC(C)=O)[C@H](O)C1N. The second kappa shape index (κ2) is 9.54. The van der Waals surface area contributed by atoms with Crippen LogP contribution < -0.4 is 11.1 Å². The van der Waals surface area contributed by atoms with Crippen molar-refractivity contribution >= 4 is 5.91 Å². The predicted octanol–water partition coefficient (Wildman–Crippen LogP) is -3.36. The zero-order valence-corrected chi connectivity index (χ0v) is 15.6. The van der Waals surface area contributed by atoms with Gasteiger partial charge in [-0.25, -0.2) is 0 Å². The number of carbonyl (C=O) groups excluding carboxylic acids is 1. The van der Waals surface area contributed by atoms with Crippen molar-refractivity contribution in [3.8, 4) is 0 Å². The predicted molar refractivity (Wildman–Crippen MR) is 90.1 cm³/mol. The monoisotopic (exact) mass is 394 g/mol. The Hall–Kier alpha value is -0.890. The number of rotatable bonds is 6. The number of ether oxygens (including phenoxy) is 4. The molecule has 27 heavy (non-hydrogen) atoms. The van der Waals surface area contributed by atoms with Crippen molar-refractivity contribution in [3.05, 3.63) is 0 Å². The Labute approximate surface area is 157 Å². The van der Waals surface area contributed by atoms with E-state index in [0.717, 1.165) is 0 Å². The molecule has 0 aromatic heterocycles. The van der Waals surface area contributed by atoms with Crippen LogP contribution in [0.1, 0.15) is 13.8 Å². The van der Waals surface area contributed by atoms with Crippen LogP contribution in [0.4, 0.5) is 0 Å². The summed E-state index contributed by atoms with van der Waals surface area (Å²) in [5, 5.41) is 42.7. The molecule has 2 saturated heterocycles. The van der Waals surface area contributed by atoms with Gasteiger partial charge in [0.25, 0.3) is 0 Å². The summed E-state index contributed by atoms with van der Waals surface area (Å²) in [6, 6.07) is -1.91. The molecular weight excluding hydrogens is 364 g/mol. The highest BCUT2D eigenvalue weighted by atomic mass is 16.7. The molecule has 11 heteroatoms. The highest BCUT2D eigenvalue weighted by Crippen LogP contribution is 2.30. The van der Waals surface area contributed by atoms with Gasteiger partial charge in [0.05, 0.1) is 31.5 Å². The number of aliphatic hydroxyl groups excluding tert-OH is 4.